The fourth-order valence-electron chi connectivity index (χ4n) is 3.62. The van der Waals surface area contributed by atoms with Gasteiger partial charge in [0, 0.05) is 26.2 Å². The number of ether oxygens (including phenoxy) is 1. The van der Waals surface area contributed by atoms with E-state index in [0.717, 1.165) is 22.8 Å². The molecule has 6 nitrogen and oxygen atoms in total. The molecule has 8 heteroatoms. The topological polar surface area (TPSA) is 50.6 Å². The Morgan fingerprint density at radius 2 is 1.73 bits per heavy atom. The lowest BCUT2D eigenvalue weighted by Crippen LogP contribution is -2.49. The van der Waals surface area contributed by atoms with Crippen LogP contribution in [0.3, 0.4) is 0 Å². The largest absolute Gasteiger partial charge is 0.497 e. The van der Waals surface area contributed by atoms with Crippen molar-refractivity contribution in [3.63, 3.8) is 0 Å². The Hall–Kier alpha value is -2.70. The van der Waals surface area contributed by atoms with Crippen LogP contribution >= 0.6 is 23.2 Å². The fourth-order valence-corrected chi connectivity index (χ4v) is 4.04. The van der Waals surface area contributed by atoms with Crippen LogP contribution in [-0.2, 0) is 0 Å². The van der Waals surface area contributed by atoms with E-state index in [9.17, 15) is 4.79 Å². The Bertz CT molecular complexity index is 1060. The first-order chi connectivity index (χ1) is 14.5. The third-order valence-corrected chi connectivity index (χ3v) is 6.02. The molecule has 1 fully saturated rings. The molecule has 0 bridgehead atoms. The summed E-state index contributed by atoms with van der Waals surface area (Å²) >= 11 is 12.5. The first-order valence-electron chi connectivity index (χ1n) is 9.67. The molecule has 3 aromatic rings. The van der Waals surface area contributed by atoms with Crippen LogP contribution in [0.5, 0.6) is 5.75 Å². The third kappa shape index (κ3) is 3.98. The summed E-state index contributed by atoms with van der Waals surface area (Å²) in [4.78, 5) is 17.3. The van der Waals surface area contributed by atoms with Gasteiger partial charge >= 0.3 is 0 Å². The lowest BCUT2D eigenvalue weighted by molar-refractivity contribution is 0.0737. The summed E-state index contributed by atoms with van der Waals surface area (Å²) in [6, 6.07) is 14.9. The van der Waals surface area contributed by atoms with Crippen molar-refractivity contribution in [3.8, 4) is 11.4 Å². The number of aryl methyl sites for hydroxylation is 1. The van der Waals surface area contributed by atoms with E-state index in [2.05, 4.69) is 10.00 Å². The minimum Gasteiger partial charge on any atom is -0.497 e. The van der Waals surface area contributed by atoms with Gasteiger partial charge in [0.15, 0.2) is 0 Å². The summed E-state index contributed by atoms with van der Waals surface area (Å²) in [5, 5.41) is 5.60. The summed E-state index contributed by atoms with van der Waals surface area (Å²) < 4.78 is 6.91. The normalized spacial score (nSPS) is 14.1. The van der Waals surface area contributed by atoms with E-state index in [0.29, 0.717) is 41.9 Å². The zero-order valence-electron chi connectivity index (χ0n) is 16.8. The van der Waals surface area contributed by atoms with Crippen LogP contribution in [0.25, 0.3) is 5.69 Å². The van der Waals surface area contributed by atoms with Crippen molar-refractivity contribution >= 4 is 34.8 Å². The van der Waals surface area contributed by atoms with E-state index in [1.54, 1.807) is 17.9 Å². The number of benzene rings is 2. The quantitative estimate of drug-likeness (QED) is 0.595. The van der Waals surface area contributed by atoms with Gasteiger partial charge in [-0.05, 0) is 49.4 Å². The van der Waals surface area contributed by atoms with E-state index in [-0.39, 0.29) is 5.91 Å². The zero-order valence-corrected chi connectivity index (χ0v) is 18.3. The Morgan fingerprint density at radius 3 is 2.40 bits per heavy atom. The highest BCUT2D eigenvalue weighted by Gasteiger charge is 2.26. The van der Waals surface area contributed by atoms with Crippen molar-refractivity contribution in [2.75, 3.05) is 38.2 Å². The maximum Gasteiger partial charge on any atom is 0.272 e. The second kappa shape index (κ2) is 8.58. The molecule has 1 saturated heterocycles. The van der Waals surface area contributed by atoms with Gasteiger partial charge in [-0.1, -0.05) is 29.3 Å². The Kier molecular flexibility index (Phi) is 5.88. The number of rotatable bonds is 4. The van der Waals surface area contributed by atoms with Gasteiger partial charge in [0.2, 0.25) is 0 Å². The fraction of sp³-hybridized carbons (Fsp3) is 0.273. The molecule has 1 aliphatic heterocycles. The van der Waals surface area contributed by atoms with Crippen molar-refractivity contribution in [1.29, 1.82) is 0 Å². The SMILES string of the molecule is COc1ccc(-n2nc(C)cc2C(=O)N2CCN(c3cccc(Cl)c3Cl)CC2)cc1. The van der Waals surface area contributed by atoms with E-state index in [4.69, 9.17) is 27.9 Å². The molecular weight excluding hydrogens is 423 g/mol. The van der Waals surface area contributed by atoms with Crippen molar-refractivity contribution in [3.05, 3.63) is 70.0 Å². The first-order valence-corrected chi connectivity index (χ1v) is 10.4. The molecule has 0 saturated carbocycles. The van der Waals surface area contributed by atoms with Gasteiger partial charge in [-0.25, -0.2) is 4.68 Å². The van der Waals surface area contributed by atoms with Gasteiger partial charge in [-0.3, -0.25) is 4.79 Å². The molecular formula is C22H22Cl2N4O2. The molecule has 0 spiro atoms. The molecule has 0 radical (unpaired) electrons. The molecule has 2 heterocycles. The summed E-state index contributed by atoms with van der Waals surface area (Å²) in [7, 11) is 1.62. The number of carbonyl (C=O) groups is 1. The van der Waals surface area contributed by atoms with Crippen LogP contribution in [0.2, 0.25) is 10.0 Å². The van der Waals surface area contributed by atoms with E-state index >= 15 is 0 Å². The number of halogens is 2. The molecule has 4 rings (SSSR count). The van der Waals surface area contributed by atoms with Crippen LogP contribution in [0.15, 0.2) is 48.5 Å². The molecule has 1 aliphatic rings. The average molecular weight is 445 g/mol. The summed E-state index contributed by atoms with van der Waals surface area (Å²) in [6.45, 7) is 4.43. The average Bonchev–Trinajstić information content (AvgIpc) is 3.17. The van der Waals surface area contributed by atoms with Crippen LogP contribution in [-0.4, -0.2) is 53.9 Å². The minimum atomic E-state index is -0.0386. The minimum absolute atomic E-state index is 0.0386. The zero-order chi connectivity index (χ0) is 21.3. The molecule has 156 valence electrons. The van der Waals surface area contributed by atoms with Crippen molar-refractivity contribution in [1.82, 2.24) is 14.7 Å². The van der Waals surface area contributed by atoms with Crippen LogP contribution in [0, 0.1) is 6.92 Å². The lowest BCUT2D eigenvalue weighted by atomic mass is 10.2. The smallest absolute Gasteiger partial charge is 0.272 e. The highest BCUT2D eigenvalue weighted by atomic mass is 35.5. The Balaban J connectivity index is 1.51. The summed E-state index contributed by atoms with van der Waals surface area (Å²) in [5.74, 6) is 0.717. The lowest BCUT2D eigenvalue weighted by Gasteiger charge is -2.36. The van der Waals surface area contributed by atoms with Crippen LogP contribution in [0.4, 0.5) is 5.69 Å². The van der Waals surface area contributed by atoms with Crippen molar-refractivity contribution < 1.29 is 9.53 Å². The summed E-state index contributed by atoms with van der Waals surface area (Å²) in [5.41, 5.74) is 3.05. The number of methoxy groups -OCH3 is 1. The second-order valence-electron chi connectivity index (χ2n) is 7.13. The highest BCUT2D eigenvalue weighted by Crippen LogP contribution is 2.33. The summed E-state index contributed by atoms with van der Waals surface area (Å²) in [6.07, 6.45) is 0. The number of hydrogen-bond donors (Lipinski definition) is 0. The number of amides is 1. The number of carbonyl (C=O) groups excluding carboxylic acids is 1. The van der Waals surface area contributed by atoms with Gasteiger partial charge in [0.1, 0.15) is 11.4 Å². The Labute approximate surface area is 185 Å². The van der Waals surface area contributed by atoms with Crippen molar-refractivity contribution in [2.45, 2.75) is 6.92 Å². The Morgan fingerprint density at radius 1 is 1.03 bits per heavy atom. The molecule has 0 N–H and O–H groups in total. The van der Waals surface area contributed by atoms with Crippen LogP contribution in [0.1, 0.15) is 16.2 Å². The standard InChI is InChI=1S/C22H22Cl2N4O2/c1-15-14-20(28(25-15)16-6-8-17(30-2)9-7-16)22(29)27-12-10-26(11-13-27)19-5-3-4-18(23)21(19)24/h3-9,14H,10-13H2,1-2H3. The first kappa shape index (κ1) is 20.6. The van der Waals surface area contributed by atoms with Gasteiger partial charge in [-0.15, -0.1) is 0 Å². The maximum atomic E-state index is 13.3. The number of anilines is 1. The van der Waals surface area contributed by atoms with E-state index in [1.807, 2.05) is 54.3 Å². The van der Waals surface area contributed by atoms with E-state index in [1.165, 1.54) is 0 Å². The number of nitrogens with zero attached hydrogens (tertiary/aromatic N) is 4. The molecule has 1 amide bonds. The second-order valence-corrected chi connectivity index (χ2v) is 7.92. The maximum absolute atomic E-state index is 13.3. The molecule has 0 atom stereocenters. The third-order valence-electron chi connectivity index (χ3n) is 5.21. The van der Waals surface area contributed by atoms with Gasteiger partial charge in [-0.2, -0.15) is 5.10 Å². The number of piperazine rings is 1. The predicted molar refractivity (Wildman–Crippen MR) is 119 cm³/mol. The molecule has 30 heavy (non-hydrogen) atoms. The number of aromatic nitrogens is 2. The van der Waals surface area contributed by atoms with E-state index < -0.39 is 0 Å². The molecule has 0 aliphatic carbocycles. The molecule has 0 unspecified atom stereocenters. The van der Waals surface area contributed by atoms with Crippen LogP contribution < -0.4 is 9.64 Å². The number of hydrogen-bond acceptors (Lipinski definition) is 4. The van der Waals surface area contributed by atoms with Crippen molar-refractivity contribution in [2.24, 2.45) is 0 Å². The molecule has 2 aromatic carbocycles. The molecule has 1 aromatic heterocycles. The van der Waals surface area contributed by atoms with Gasteiger partial charge in [0.05, 0.1) is 34.2 Å². The highest BCUT2D eigenvalue weighted by molar-refractivity contribution is 6.43. The van der Waals surface area contributed by atoms with Gasteiger partial charge < -0.3 is 14.5 Å². The monoisotopic (exact) mass is 444 g/mol. The predicted octanol–water partition coefficient (Wildman–Crippen LogP) is 4.46. The van der Waals surface area contributed by atoms with Gasteiger partial charge in [0.25, 0.3) is 5.91 Å².